The predicted octanol–water partition coefficient (Wildman–Crippen LogP) is 3.08. The standard InChI is InChI=1S/C19H26N4OS/c1-15-5-3-4-6-18(15)16-7-9-23(11-16)10-8-20-19(24)22(2)12-17-13-25-14-21-17/h3-6,13-14,16H,7-12H2,1-2H3,(H,20,24). The average molecular weight is 359 g/mol. The van der Waals surface area contributed by atoms with Crippen LogP contribution < -0.4 is 5.32 Å². The monoisotopic (exact) mass is 358 g/mol. The third kappa shape index (κ3) is 4.80. The normalized spacial score (nSPS) is 17.6. The van der Waals surface area contributed by atoms with E-state index >= 15 is 0 Å². The number of rotatable bonds is 6. The first-order valence-corrected chi connectivity index (χ1v) is 9.71. The molecule has 1 saturated heterocycles. The van der Waals surface area contributed by atoms with Gasteiger partial charge in [0.1, 0.15) is 0 Å². The molecule has 5 nitrogen and oxygen atoms in total. The summed E-state index contributed by atoms with van der Waals surface area (Å²) < 4.78 is 0. The van der Waals surface area contributed by atoms with Gasteiger partial charge in [-0.2, -0.15) is 0 Å². The van der Waals surface area contributed by atoms with Gasteiger partial charge in [-0.15, -0.1) is 11.3 Å². The molecule has 0 saturated carbocycles. The summed E-state index contributed by atoms with van der Waals surface area (Å²) in [6, 6.07) is 8.63. The average Bonchev–Trinajstić information content (AvgIpc) is 3.27. The van der Waals surface area contributed by atoms with E-state index in [1.807, 2.05) is 5.38 Å². The molecule has 1 unspecified atom stereocenters. The van der Waals surface area contributed by atoms with Gasteiger partial charge in [-0.05, 0) is 36.9 Å². The number of aryl methyl sites for hydroxylation is 1. The zero-order valence-electron chi connectivity index (χ0n) is 14.9. The molecule has 2 amide bonds. The first-order chi connectivity index (χ1) is 12.1. The van der Waals surface area contributed by atoms with E-state index in [-0.39, 0.29) is 6.03 Å². The molecule has 6 heteroatoms. The number of carbonyl (C=O) groups is 1. The second-order valence-corrected chi connectivity index (χ2v) is 7.43. The van der Waals surface area contributed by atoms with Crippen molar-refractivity contribution in [1.29, 1.82) is 0 Å². The van der Waals surface area contributed by atoms with Crippen LogP contribution in [0.4, 0.5) is 4.79 Å². The fourth-order valence-electron chi connectivity index (χ4n) is 3.42. The van der Waals surface area contributed by atoms with Gasteiger partial charge in [0, 0.05) is 32.1 Å². The number of nitrogens with one attached hydrogen (secondary N) is 1. The summed E-state index contributed by atoms with van der Waals surface area (Å²) >= 11 is 1.55. The maximum atomic E-state index is 12.1. The Morgan fingerprint density at radius 2 is 2.28 bits per heavy atom. The summed E-state index contributed by atoms with van der Waals surface area (Å²) in [6.07, 6.45) is 1.20. The van der Waals surface area contributed by atoms with Crippen LogP contribution >= 0.6 is 11.3 Å². The molecule has 2 heterocycles. The number of hydrogen-bond acceptors (Lipinski definition) is 4. The van der Waals surface area contributed by atoms with Crippen molar-refractivity contribution in [2.45, 2.75) is 25.8 Å². The first kappa shape index (κ1) is 17.9. The van der Waals surface area contributed by atoms with Crippen molar-refractivity contribution in [2.75, 3.05) is 33.2 Å². The van der Waals surface area contributed by atoms with Gasteiger partial charge in [0.2, 0.25) is 0 Å². The minimum atomic E-state index is -0.0392. The largest absolute Gasteiger partial charge is 0.337 e. The molecule has 2 aromatic rings. The highest BCUT2D eigenvalue weighted by molar-refractivity contribution is 7.07. The van der Waals surface area contributed by atoms with Crippen LogP contribution in [0.15, 0.2) is 35.2 Å². The van der Waals surface area contributed by atoms with Crippen molar-refractivity contribution in [3.05, 3.63) is 52.0 Å². The van der Waals surface area contributed by atoms with Gasteiger partial charge in [0.05, 0.1) is 17.7 Å². The number of nitrogens with zero attached hydrogens (tertiary/aromatic N) is 3. The molecule has 25 heavy (non-hydrogen) atoms. The van der Waals surface area contributed by atoms with E-state index in [2.05, 4.69) is 46.4 Å². The third-order valence-electron chi connectivity index (χ3n) is 4.83. The smallest absolute Gasteiger partial charge is 0.317 e. The van der Waals surface area contributed by atoms with Crippen LogP contribution in [0.3, 0.4) is 0 Å². The summed E-state index contributed by atoms with van der Waals surface area (Å²) in [7, 11) is 1.80. The molecular weight excluding hydrogens is 332 g/mol. The Kier molecular flexibility index (Phi) is 6.04. The van der Waals surface area contributed by atoms with E-state index in [0.29, 0.717) is 19.0 Å². The zero-order valence-corrected chi connectivity index (χ0v) is 15.8. The van der Waals surface area contributed by atoms with Crippen molar-refractivity contribution in [1.82, 2.24) is 20.1 Å². The Bertz CT molecular complexity index is 688. The lowest BCUT2D eigenvalue weighted by molar-refractivity contribution is 0.204. The fourth-order valence-corrected chi connectivity index (χ4v) is 3.97. The molecule has 3 rings (SSSR count). The molecule has 1 N–H and O–H groups in total. The third-order valence-corrected chi connectivity index (χ3v) is 5.47. The highest BCUT2D eigenvalue weighted by Crippen LogP contribution is 2.28. The van der Waals surface area contributed by atoms with Gasteiger partial charge in [-0.3, -0.25) is 0 Å². The van der Waals surface area contributed by atoms with Gasteiger partial charge in [0.25, 0.3) is 0 Å². The molecule has 1 aliphatic heterocycles. The Morgan fingerprint density at radius 1 is 1.44 bits per heavy atom. The van der Waals surface area contributed by atoms with Gasteiger partial charge >= 0.3 is 6.03 Å². The van der Waals surface area contributed by atoms with Crippen LogP contribution in [-0.4, -0.2) is 54.0 Å². The van der Waals surface area contributed by atoms with Crippen LogP contribution in [0.2, 0.25) is 0 Å². The Balaban J connectivity index is 1.39. The highest BCUT2D eigenvalue weighted by Gasteiger charge is 2.24. The minimum absolute atomic E-state index is 0.0392. The summed E-state index contributed by atoms with van der Waals surface area (Å²) in [5.74, 6) is 0.615. The maximum absolute atomic E-state index is 12.1. The van der Waals surface area contributed by atoms with Crippen LogP contribution in [0.25, 0.3) is 0 Å². The van der Waals surface area contributed by atoms with Crippen molar-refractivity contribution in [3.63, 3.8) is 0 Å². The number of urea groups is 1. The highest BCUT2D eigenvalue weighted by atomic mass is 32.1. The quantitative estimate of drug-likeness (QED) is 0.863. The number of hydrogen-bond donors (Lipinski definition) is 1. The van der Waals surface area contributed by atoms with Crippen molar-refractivity contribution >= 4 is 17.4 Å². The summed E-state index contributed by atoms with van der Waals surface area (Å²) in [6.45, 7) is 6.50. The van der Waals surface area contributed by atoms with Crippen LogP contribution in [0.5, 0.6) is 0 Å². The number of amides is 2. The Hall–Kier alpha value is -1.92. The van der Waals surface area contributed by atoms with Crippen molar-refractivity contribution in [2.24, 2.45) is 0 Å². The lowest BCUT2D eigenvalue weighted by Gasteiger charge is -2.20. The van der Waals surface area contributed by atoms with Gasteiger partial charge in [0.15, 0.2) is 0 Å². The summed E-state index contributed by atoms with van der Waals surface area (Å²) in [4.78, 5) is 20.5. The molecule has 0 bridgehead atoms. The van der Waals surface area contributed by atoms with E-state index < -0.39 is 0 Å². The fraction of sp³-hybridized carbons (Fsp3) is 0.474. The zero-order chi connectivity index (χ0) is 17.6. The number of likely N-dealkylation sites (tertiary alicyclic amines) is 1. The number of thiazole rings is 1. The summed E-state index contributed by atoms with van der Waals surface area (Å²) in [5.41, 5.74) is 5.57. The lowest BCUT2D eigenvalue weighted by Crippen LogP contribution is -2.40. The van der Waals surface area contributed by atoms with Gasteiger partial charge < -0.3 is 15.1 Å². The first-order valence-electron chi connectivity index (χ1n) is 8.77. The van der Waals surface area contributed by atoms with E-state index in [1.54, 1.807) is 28.8 Å². The molecule has 1 atom stereocenters. The molecule has 1 aromatic heterocycles. The lowest BCUT2D eigenvalue weighted by atomic mass is 9.94. The maximum Gasteiger partial charge on any atom is 0.317 e. The molecule has 1 fully saturated rings. The molecule has 0 spiro atoms. The second-order valence-electron chi connectivity index (χ2n) is 6.71. The topological polar surface area (TPSA) is 48.5 Å². The van der Waals surface area contributed by atoms with Crippen LogP contribution in [-0.2, 0) is 6.54 Å². The SMILES string of the molecule is Cc1ccccc1C1CCN(CCNC(=O)N(C)Cc2cscn2)C1. The minimum Gasteiger partial charge on any atom is -0.337 e. The number of carbonyl (C=O) groups excluding carboxylic acids is 1. The molecule has 0 aliphatic carbocycles. The molecule has 134 valence electrons. The van der Waals surface area contributed by atoms with Crippen LogP contribution in [0.1, 0.15) is 29.2 Å². The number of aromatic nitrogens is 1. The predicted molar refractivity (Wildman–Crippen MR) is 102 cm³/mol. The van der Waals surface area contributed by atoms with E-state index in [0.717, 1.165) is 25.3 Å². The van der Waals surface area contributed by atoms with Crippen molar-refractivity contribution < 1.29 is 4.79 Å². The Morgan fingerprint density at radius 3 is 3.04 bits per heavy atom. The molecule has 1 aliphatic rings. The second kappa shape index (κ2) is 8.45. The van der Waals surface area contributed by atoms with Crippen molar-refractivity contribution in [3.8, 4) is 0 Å². The molecule has 0 radical (unpaired) electrons. The van der Waals surface area contributed by atoms with Crippen LogP contribution in [0, 0.1) is 6.92 Å². The van der Waals surface area contributed by atoms with E-state index in [9.17, 15) is 4.79 Å². The van der Waals surface area contributed by atoms with Gasteiger partial charge in [-0.1, -0.05) is 24.3 Å². The van der Waals surface area contributed by atoms with E-state index in [4.69, 9.17) is 0 Å². The Labute approximate surface area is 153 Å². The van der Waals surface area contributed by atoms with E-state index in [1.165, 1.54) is 17.5 Å². The molecular formula is C19H26N4OS. The summed E-state index contributed by atoms with van der Waals surface area (Å²) in [5, 5.41) is 4.98. The number of benzene rings is 1. The molecule has 1 aromatic carbocycles. The van der Waals surface area contributed by atoms with Gasteiger partial charge in [-0.25, -0.2) is 9.78 Å².